The molecule has 0 aromatic rings. The molecule has 2 rings (SSSR count). The first-order valence-electron chi connectivity index (χ1n) is 8.19. The molecule has 2 unspecified atom stereocenters. The number of carbonyl (C=O) groups excluding carboxylic acids is 2. The SMILES string of the molecule is CCCCN1C(=O)C(C(C)CC)NC(=O)C12CCCC2. The number of amides is 2. The minimum atomic E-state index is -0.532. The second kappa shape index (κ2) is 6.15. The maximum atomic E-state index is 12.8. The Morgan fingerprint density at radius 1 is 1.30 bits per heavy atom. The molecule has 0 aromatic carbocycles. The zero-order valence-electron chi connectivity index (χ0n) is 13.1. The van der Waals surface area contributed by atoms with Gasteiger partial charge in [-0.15, -0.1) is 0 Å². The zero-order chi connectivity index (χ0) is 14.8. The lowest BCUT2D eigenvalue weighted by Gasteiger charge is -2.47. The van der Waals surface area contributed by atoms with E-state index < -0.39 is 5.54 Å². The van der Waals surface area contributed by atoms with Gasteiger partial charge in [0, 0.05) is 6.54 Å². The van der Waals surface area contributed by atoms with E-state index in [1.807, 2.05) is 11.8 Å². The minimum absolute atomic E-state index is 0.0935. The van der Waals surface area contributed by atoms with Crippen molar-refractivity contribution in [2.24, 2.45) is 5.92 Å². The smallest absolute Gasteiger partial charge is 0.246 e. The first-order valence-corrected chi connectivity index (χ1v) is 8.19. The summed E-state index contributed by atoms with van der Waals surface area (Å²) in [4.78, 5) is 27.4. The van der Waals surface area contributed by atoms with E-state index in [1.165, 1.54) is 0 Å². The number of nitrogens with zero attached hydrogens (tertiary/aromatic N) is 1. The van der Waals surface area contributed by atoms with Gasteiger partial charge < -0.3 is 10.2 Å². The molecule has 2 fully saturated rings. The van der Waals surface area contributed by atoms with Gasteiger partial charge in [0.15, 0.2) is 0 Å². The highest BCUT2D eigenvalue weighted by Gasteiger charge is 2.53. The first-order chi connectivity index (χ1) is 9.56. The zero-order valence-corrected chi connectivity index (χ0v) is 13.1. The van der Waals surface area contributed by atoms with Gasteiger partial charge in [-0.3, -0.25) is 9.59 Å². The van der Waals surface area contributed by atoms with Crippen LogP contribution in [0, 0.1) is 5.92 Å². The van der Waals surface area contributed by atoms with Crippen molar-refractivity contribution >= 4 is 11.8 Å². The van der Waals surface area contributed by atoms with Crippen LogP contribution < -0.4 is 5.32 Å². The largest absolute Gasteiger partial charge is 0.342 e. The Morgan fingerprint density at radius 2 is 1.95 bits per heavy atom. The van der Waals surface area contributed by atoms with Crippen LogP contribution in [0.1, 0.15) is 65.7 Å². The molecule has 1 saturated carbocycles. The molecule has 2 aliphatic rings. The van der Waals surface area contributed by atoms with Crippen LogP contribution >= 0.6 is 0 Å². The van der Waals surface area contributed by atoms with Gasteiger partial charge in [0.25, 0.3) is 0 Å². The first kappa shape index (κ1) is 15.3. The number of rotatable bonds is 5. The maximum Gasteiger partial charge on any atom is 0.246 e. The highest BCUT2D eigenvalue weighted by atomic mass is 16.2. The quantitative estimate of drug-likeness (QED) is 0.841. The van der Waals surface area contributed by atoms with Gasteiger partial charge in [-0.05, 0) is 25.2 Å². The lowest BCUT2D eigenvalue weighted by Crippen LogP contribution is -2.70. The highest BCUT2D eigenvalue weighted by Crippen LogP contribution is 2.39. The van der Waals surface area contributed by atoms with E-state index in [1.54, 1.807) is 0 Å². The van der Waals surface area contributed by atoms with Crippen molar-refractivity contribution in [2.75, 3.05) is 6.54 Å². The van der Waals surface area contributed by atoms with E-state index in [9.17, 15) is 9.59 Å². The third-order valence-corrected chi connectivity index (χ3v) is 5.14. The molecule has 4 heteroatoms. The van der Waals surface area contributed by atoms with Crippen molar-refractivity contribution in [2.45, 2.75) is 77.3 Å². The van der Waals surface area contributed by atoms with Crippen LogP contribution in [0.2, 0.25) is 0 Å². The summed E-state index contributed by atoms with van der Waals surface area (Å²) in [6.45, 7) is 6.98. The van der Waals surface area contributed by atoms with E-state index >= 15 is 0 Å². The standard InChI is InChI=1S/C16H28N2O2/c1-4-6-11-18-14(19)13(12(3)5-2)17-15(20)16(18)9-7-8-10-16/h12-13H,4-11H2,1-3H3,(H,17,20). The molecule has 1 saturated heterocycles. The van der Waals surface area contributed by atoms with Gasteiger partial charge in [0.2, 0.25) is 11.8 Å². The molecular weight excluding hydrogens is 252 g/mol. The summed E-state index contributed by atoms with van der Waals surface area (Å²) in [6, 6.07) is -0.324. The molecule has 4 nitrogen and oxygen atoms in total. The normalized spacial score (nSPS) is 26.9. The molecular formula is C16H28N2O2. The van der Waals surface area contributed by atoms with Crippen LogP contribution in [0.15, 0.2) is 0 Å². The molecule has 2 amide bonds. The van der Waals surface area contributed by atoms with Crippen molar-refractivity contribution in [3.8, 4) is 0 Å². The number of unbranched alkanes of at least 4 members (excludes halogenated alkanes) is 1. The Morgan fingerprint density at radius 3 is 2.50 bits per heavy atom. The topological polar surface area (TPSA) is 49.4 Å². The van der Waals surface area contributed by atoms with Gasteiger partial charge in [0.05, 0.1) is 0 Å². The Labute approximate surface area is 122 Å². The molecule has 114 valence electrons. The predicted octanol–water partition coefficient (Wildman–Crippen LogP) is 2.47. The van der Waals surface area contributed by atoms with Gasteiger partial charge >= 0.3 is 0 Å². The highest BCUT2D eigenvalue weighted by molar-refractivity contribution is 6.00. The van der Waals surface area contributed by atoms with Gasteiger partial charge in [-0.1, -0.05) is 46.5 Å². The maximum absolute atomic E-state index is 12.8. The fraction of sp³-hybridized carbons (Fsp3) is 0.875. The summed E-state index contributed by atoms with van der Waals surface area (Å²) in [5.41, 5.74) is -0.532. The van der Waals surface area contributed by atoms with Crippen LogP contribution in [-0.2, 0) is 9.59 Å². The monoisotopic (exact) mass is 280 g/mol. The molecule has 1 aliphatic heterocycles. The third-order valence-electron chi connectivity index (χ3n) is 5.14. The molecule has 0 bridgehead atoms. The predicted molar refractivity (Wildman–Crippen MR) is 79.2 cm³/mol. The lowest BCUT2D eigenvalue weighted by atomic mass is 9.85. The van der Waals surface area contributed by atoms with Crippen LogP contribution in [0.25, 0.3) is 0 Å². The fourth-order valence-corrected chi connectivity index (χ4v) is 3.56. The summed E-state index contributed by atoms with van der Waals surface area (Å²) < 4.78 is 0. The number of carbonyl (C=O) groups is 2. The minimum Gasteiger partial charge on any atom is -0.342 e. The second-order valence-corrected chi connectivity index (χ2v) is 6.42. The summed E-state index contributed by atoms with van der Waals surface area (Å²) in [5, 5.41) is 3.03. The Bertz CT molecular complexity index is 375. The molecule has 1 N–H and O–H groups in total. The van der Waals surface area contributed by atoms with E-state index in [0.717, 1.165) is 51.5 Å². The van der Waals surface area contributed by atoms with Crippen LogP contribution in [-0.4, -0.2) is 34.8 Å². The number of piperazine rings is 1. The van der Waals surface area contributed by atoms with Crippen molar-refractivity contribution in [1.29, 1.82) is 0 Å². The van der Waals surface area contributed by atoms with Gasteiger partial charge in [0.1, 0.15) is 11.6 Å². The average Bonchev–Trinajstić information content (AvgIpc) is 2.93. The number of hydrogen-bond acceptors (Lipinski definition) is 2. The van der Waals surface area contributed by atoms with Crippen LogP contribution in [0.5, 0.6) is 0 Å². The van der Waals surface area contributed by atoms with Crippen molar-refractivity contribution in [1.82, 2.24) is 10.2 Å². The van der Waals surface area contributed by atoms with E-state index in [2.05, 4.69) is 19.2 Å². The fourth-order valence-electron chi connectivity index (χ4n) is 3.56. The van der Waals surface area contributed by atoms with E-state index in [0.29, 0.717) is 0 Å². The van der Waals surface area contributed by atoms with E-state index in [-0.39, 0.29) is 23.8 Å². The Hall–Kier alpha value is -1.06. The molecule has 1 aliphatic carbocycles. The number of hydrogen-bond donors (Lipinski definition) is 1. The van der Waals surface area contributed by atoms with Crippen LogP contribution in [0.3, 0.4) is 0 Å². The molecule has 20 heavy (non-hydrogen) atoms. The summed E-state index contributed by atoms with van der Waals surface area (Å²) in [6.07, 6.45) is 6.71. The molecule has 2 atom stereocenters. The van der Waals surface area contributed by atoms with Crippen molar-refractivity contribution in [3.05, 3.63) is 0 Å². The Balaban J connectivity index is 2.26. The summed E-state index contributed by atoms with van der Waals surface area (Å²) >= 11 is 0. The van der Waals surface area contributed by atoms with Crippen molar-refractivity contribution in [3.63, 3.8) is 0 Å². The molecule has 0 radical (unpaired) electrons. The number of nitrogens with one attached hydrogen (secondary N) is 1. The second-order valence-electron chi connectivity index (χ2n) is 6.42. The average molecular weight is 280 g/mol. The summed E-state index contributed by atoms with van der Waals surface area (Å²) in [5.74, 6) is 0.444. The van der Waals surface area contributed by atoms with Gasteiger partial charge in [-0.25, -0.2) is 0 Å². The lowest BCUT2D eigenvalue weighted by molar-refractivity contribution is -0.159. The molecule has 1 heterocycles. The Kier molecular flexibility index (Phi) is 4.71. The third kappa shape index (κ3) is 2.45. The molecule has 0 aromatic heterocycles. The van der Waals surface area contributed by atoms with Crippen LogP contribution in [0.4, 0.5) is 0 Å². The van der Waals surface area contributed by atoms with E-state index in [4.69, 9.17) is 0 Å². The van der Waals surface area contributed by atoms with Crippen molar-refractivity contribution < 1.29 is 9.59 Å². The van der Waals surface area contributed by atoms with Gasteiger partial charge in [-0.2, -0.15) is 0 Å². The summed E-state index contributed by atoms with van der Waals surface area (Å²) in [7, 11) is 0. The molecule has 1 spiro atoms.